The third kappa shape index (κ3) is 3.42. The smallest absolute Gasteiger partial charge is 0.338 e. The Hall–Kier alpha value is -1.60. The van der Waals surface area contributed by atoms with Gasteiger partial charge in [0.1, 0.15) is 23.2 Å². The van der Waals surface area contributed by atoms with Gasteiger partial charge in [-0.25, -0.2) is 9.18 Å². The second kappa shape index (κ2) is 7.53. The first-order valence-electron chi connectivity index (χ1n) is 6.91. The molecule has 0 aliphatic carbocycles. The summed E-state index contributed by atoms with van der Waals surface area (Å²) < 4.78 is 25.4. The number of nitrogens with zero attached hydrogens (tertiary/aromatic N) is 1. The Kier molecular flexibility index (Phi) is 5.87. The molecular weight excluding hydrogens is 494 g/mol. The normalized spacial score (nSPS) is 17.4. The van der Waals surface area contributed by atoms with E-state index in [1.807, 2.05) is 28.7 Å². The van der Waals surface area contributed by atoms with Crippen molar-refractivity contribution in [2.45, 2.75) is 19.8 Å². The third-order valence-electron chi connectivity index (χ3n) is 3.45. The maximum Gasteiger partial charge on any atom is 0.338 e. The lowest BCUT2D eigenvalue weighted by atomic mass is 9.83. The Balaban J connectivity index is 2.72. The van der Waals surface area contributed by atoms with Crippen LogP contribution in [-0.2, 0) is 14.3 Å². The Bertz CT molecular complexity index is 814. The highest BCUT2D eigenvalue weighted by Gasteiger charge is 2.37. The number of nitrogens with two attached hydrogens (primary N) is 1. The zero-order valence-electron chi connectivity index (χ0n) is 12.8. The van der Waals surface area contributed by atoms with E-state index >= 15 is 0 Å². The van der Waals surface area contributed by atoms with Crippen LogP contribution < -0.4 is 5.73 Å². The number of hydrogen-bond donors (Lipinski definition) is 1. The van der Waals surface area contributed by atoms with Crippen molar-refractivity contribution in [3.05, 3.63) is 54.3 Å². The van der Waals surface area contributed by atoms with Crippen LogP contribution in [0.2, 0.25) is 0 Å². The molecule has 0 radical (unpaired) electrons. The number of halogens is 3. The van der Waals surface area contributed by atoms with E-state index < -0.39 is 17.7 Å². The predicted molar refractivity (Wildman–Crippen MR) is 96.8 cm³/mol. The van der Waals surface area contributed by atoms with Crippen LogP contribution in [0.5, 0.6) is 0 Å². The van der Waals surface area contributed by atoms with Crippen molar-refractivity contribution in [3.63, 3.8) is 0 Å². The number of nitriles is 1. The molecule has 5 nitrogen and oxygen atoms in total. The molecule has 0 amide bonds. The second-order valence-corrected chi connectivity index (χ2v) is 6.92. The lowest BCUT2D eigenvalue weighted by Crippen LogP contribution is -2.26. The number of benzene rings is 1. The molecule has 0 fully saturated rings. The fourth-order valence-corrected chi connectivity index (χ4v) is 3.89. The number of allylic oxidation sites excluding steroid dienone is 2. The molecule has 0 bridgehead atoms. The van der Waals surface area contributed by atoms with Gasteiger partial charge in [0.05, 0.1) is 18.1 Å². The van der Waals surface area contributed by atoms with Crippen molar-refractivity contribution in [1.29, 1.82) is 5.26 Å². The third-order valence-corrected chi connectivity index (χ3v) is 4.96. The summed E-state index contributed by atoms with van der Waals surface area (Å²) in [6, 6.07) is 4.80. The van der Waals surface area contributed by atoms with Gasteiger partial charge in [-0.2, -0.15) is 5.26 Å². The maximum atomic E-state index is 14.1. The topological polar surface area (TPSA) is 85.3 Å². The van der Waals surface area contributed by atoms with Crippen LogP contribution in [0.1, 0.15) is 25.3 Å². The summed E-state index contributed by atoms with van der Waals surface area (Å²) in [5, 5.41) is 9.47. The Morgan fingerprint density at radius 1 is 1.58 bits per heavy atom. The monoisotopic (exact) mass is 506 g/mol. The molecule has 1 unspecified atom stereocenters. The number of rotatable bonds is 3. The molecule has 1 aromatic carbocycles. The second-order valence-electron chi connectivity index (χ2n) is 4.90. The van der Waals surface area contributed by atoms with Gasteiger partial charge in [0.2, 0.25) is 5.88 Å². The van der Waals surface area contributed by atoms with Crippen molar-refractivity contribution in [3.8, 4) is 6.07 Å². The minimum atomic E-state index is -0.872. The maximum absolute atomic E-state index is 14.1. The highest BCUT2D eigenvalue weighted by atomic mass is 127. The van der Waals surface area contributed by atoms with Crippen LogP contribution in [0, 0.1) is 20.7 Å². The predicted octanol–water partition coefficient (Wildman–Crippen LogP) is 3.84. The van der Waals surface area contributed by atoms with Gasteiger partial charge in [-0.05, 0) is 54.1 Å². The summed E-state index contributed by atoms with van der Waals surface area (Å²) in [5.41, 5.74) is 6.36. The summed E-state index contributed by atoms with van der Waals surface area (Å²) >= 11 is 5.23. The summed E-state index contributed by atoms with van der Waals surface area (Å²) in [5.74, 6) is -1.86. The molecule has 2 rings (SSSR count). The molecule has 1 heterocycles. The Labute approximate surface area is 160 Å². The van der Waals surface area contributed by atoms with Gasteiger partial charge >= 0.3 is 5.97 Å². The zero-order chi connectivity index (χ0) is 18.0. The van der Waals surface area contributed by atoms with E-state index in [0.29, 0.717) is 13.6 Å². The van der Waals surface area contributed by atoms with Crippen molar-refractivity contribution >= 4 is 44.5 Å². The molecule has 24 heavy (non-hydrogen) atoms. The summed E-state index contributed by atoms with van der Waals surface area (Å²) in [4.78, 5) is 12.4. The molecule has 1 aromatic rings. The summed E-state index contributed by atoms with van der Waals surface area (Å²) in [7, 11) is 0. The SMILES string of the molecule is CCOC(=O)C1=C(C)OC(N)=C(C#N)C1c1cc(F)c(I)cc1Br. The lowest BCUT2D eigenvalue weighted by Gasteiger charge is -2.27. The standard InChI is InChI=1S/C16H13BrFIN2O3/c1-3-23-16(22)13-7(2)24-15(21)9(6-20)14(13)8-4-11(18)12(19)5-10(8)17/h4-5,14H,3,21H2,1-2H3. The molecule has 126 valence electrons. The van der Waals surface area contributed by atoms with Gasteiger partial charge in [-0.15, -0.1) is 0 Å². The van der Waals surface area contributed by atoms with Crippen molar-refractivity contribution in [1.82, 2.24) is 0 Å². The van der Waals surface area contributed by atoms with Crippen LogP contribution in [-0.4, -0.2) is 12.6 Å². The van der Waals surface area contributed by atoms with E-state index in [4.69, 9.17) is 15.2 Å². The zero-order valence-corrected chi connectivity index (χ0v) is 16.6. The van der Waals surface area contributed by atoms with Gasteiger partial charge < -0.3 is 15.2 Å². The molecule has 8 heteroatoms. The van der Waals surface area contributed by atoms with Crippen LogP contribution in [0.15, 0.2) is 39.4 Å². The molecule has 1 aliphatic rings. The average Bonchev–Trinajstić information content (AvgIpc) is 2.50. The molecule has 2 N–H and O–H groups in total. The first-order chi connectivity index (χ1) is 11.3. The van der Waals surface area contributed by atoms with E-state index in [0.717, 1.165) is 0 Å². The summed E-state index contributed by atoms with van der Waals surface area (Å²) in [6.45, 7) is 3.38. The summed E-state index contributed by atoms with van der Waals surface area (Å²) in [6.07, 6.45) is 0. The minimum absolute atomic E-state index is 0.0324. The van der Waals surface area contributed by atoms with Crippen molar-refractivity contribution in [2.75, 3.05) is 6.61 Å². The van der Waals surface area contributed by atoms with Gasteiger partial charge in [0.15, 0.2) is 0 Å². The molecule has 0 aromatic heterocycles. The van der Waals surface area contributed by atoms with E-state index in [-0.39, 0.29) is 29.4 Å². The fourth-order valence-electron chi connectivity index (χ4n) is 2.42. The highest BCUT2D eigenvalue weighted by Crippen LogP contribution is 2.42. The van der Waals surface area contributed by atoms with E-state index in [2.05, 4.69) is 15.9 Å². The highest BCUT2D eigenvalue weighted by molar-refractivity contribution is 14.1. The molecule has 1 atom stereocenters. The van der Waals surface area contributed by atoms with Crippen molar-refractivity contribution < 1.29 is 18.7 Å². The van der Waals surface area contributed by atoms with Gasteiger partial charge in [0, 0.05) is 8.04 Å². The molecule has 0 saturated carbocycles. The van der Waals surface area contributed by atoms with Gasteiger partial charge in [-0.3, -0.25) is 0 Å². The van der Waals surface area contributed by atoms with E-state index in [1.165, 1.54) is 6.07 Å². The van der Waals surface area contributed by atoms with Gasteiger partial charge in [-0.1, -0.05) is 15.9 Å². The van der Waals surface area contributed by atoms with Crippen LogP contribution >= 0.6 is 38.5 Å². The molecule has 0 spiro atoms. The first-order valence-corrected chi connectivity index (χ1v) is 8.78. The van der Waals surface area contributed by atoms with E-state index in [9.17, 15) is 14.4 Å². The minimum Gasteiger partial charge on any atom is -0.463 e. The lowest BCUT2D eigenvalue weighted by molar-refractivity contribution is -0.139. The van der Waals surface area contributed by atoms with Crippen LogP contribution in [0.25, 0.3) is 0 Å². The average molecular weight is 507 g/mol. The number of carbonyl (C=O) groups excluding carboxylic acids is 1. The largest absolute Gasteiger partial charge is 0.463 e. The number of carbonyl (C=O) groups is 1. The molecule has 1 aliphatic heterocycles. The number of esters is 1. The first kappa shape index (κ1) is 18.7. The molecular formula is C16H13BrFIN2O3. The number of ether oxygens (including phenoxy) is 2. The quantitative estimate of drug-likeness (QED) is 0.382. The Morgan fingerprint density at radius 2 is 2.25 bits per heavy atom. The Morgan fingerprint density at radius 3 is 2.83 bits per heavy atom. The van der Waals surface area contributed by atoms with Gasteiger partial charge in [0.25, 0.3) is 0 Å². The van der Waals surface area contributed by atoms with Crippen LogP contribution in [0.3, 0.4) is 0 Å². The van der Waals surface area contributed by atoms with Crippen molar-refractivity contribution in [2.24, 2.45) is 5.73 Å². The van der Waals surface area contributed by atoms with E-state index in [1.54, 1.807) is 19.9 Å². The molecule has 0 saturated heterocycles. The number of hydrogen-bond acceptors (Lipinski definition) is 5. The van der Waals surface area contributed by atoms with Crippen LogP contribution in [0.4, 0.5) is 4.39 Å². The fraction of sp³-hybridized carbons (Fsp3) is 0.250.